The number of fused-ring (bicyclic) bond motifs is 1. The normalized spacial score (nSPS) is 28.9. The van der Waals surface area contributed by atoms with Crippen LogP contribution in [0.1, 0.15) is 45.4 Å². The zero-order valence-electron chi connectivity index (χ0n) is 23.0. The fourth-order valence-electron chi connectivity index (χ4n) is 6.81. The van der Waals surface area contributed by atoms with Crippen molar-refractivity contribution in [3.63, 3.8) is 0 Å². The van der Waals surface area contributed by atoms with Gasteiger partial charge in [0, 0.05) is 44.0 Å². The van der Waals surface area contributed by atoms with E-state index in [0.29, 0.717) is 49.5 Å². The highest BCUT2D eigenvalue weighted by molar-refractivity contribution is 6.30. The highest BCUT2D eigenvalue weighted by Crippen LogP contribution is 2.63. The van der Waals surface area contributed by atoms with Crippen LogP contribution in [0.3, 0.4) is 0 Å². The lowest BCUT2D eigenvalue weighted by Gasteiger charge is -2.37. The van der Waals surface area contributed by atoms with Crippen LogP contribution in [-0.2, 0) is 19.1 Å². The van der Waals surface area contributed by atoms with Crippen molar-refractivity contribution in [2.24, 2.45) is 11.8 Å². The summed E-state index contributed by atoms with van der Waals surface area (Å²) in [5.74, 6) is -2.02. The molecule has 0 saturated carbocycles. The average Bonchev–Trinajstić information content (AvgIpc) is 3.48. The molecule has 0 aliphatic carbocycles. The molecule has 3 fully saturated rings. The van der Waals surface area contributed by atoms with E-state index < -0.39 is 29.1 Å². The smallest absolute Gasteiger partial charge is 0.253 e. The Morgan fingerprint density at radius 1 is 1.10 bits per heavy atom. The van der Waals surface area contributed by atoms with Crippen molar-refractivity contribution in [3.8, 4) is 0 Å². The largest absolute Gasteiger partial charge is 0.396 e. The molecule has 9 heteroatoms. The number of likely N-dealkylation sites (N-methyl/N-ethyl adjacent to an activating group) is 1. The summed E-state index contributed by atoms with van der Waals surface area (Å²) in [7, 11) is 1.71. The maximum absolute atomic E-state index is 14.5. The van der Waals surface area contributed by atoms with Crippen LogP contribution in [0.25, 0.3) is 0 Å². The molecule has 1 aromatic carbocycles. The SMILES string of the molecule is C=CCN(C)C(=O)[C@@H]1[C@H]2C(=O)N(CCCCCCO)C(C(=O)N(CC=C)c3ccc(Cl)cc3)C23CC[C@@]1(C)O3. The van der Waals surface area contributed by atoms with Crippen molar-refractivity contribution < 1.29 is 24.2 Å². The minimum atomic E-state index is -1.09. The fourth-order valence-corrected chi connectivity index (χ4v) is 6.94. The third kappa shape index (κ3) is 5.14. The molecule has 212 valence electrons. The second kappa shape index (κ2) is 11.8. The number of aliphatic hydroxyl groups is 1. The predicted octanol–water partition coefficient (Wildman–Crippen LogP) is 3.82. The monoisotopic (exact) mass is 557 g/mol. The van der Waals surface area contributed by atoms with Gasteiger partial charge >= 0.3 is 0 Å². The average molecular weight is 558 g/mol. The summed E-state index contributed by atoms with van der Waals surface area (Å²) in [6.07, 6.45) is 7.46. The molecule has 39 heavy (non-hydrogen) atoms. The van der Waals surface area contributed by atoms with E-state index in [2.05, 4.69) is 13.2 Å². The molecule has 5 atom stereocenters. The summed E-state index contributed by atoms with van der Waals surface area (Å²) in [6, 6.07) is 6.14. The van der Waals surface area contributed by atoms with Gasteiger partial charge in [-0.15, -0.1) is 13.2 Å². The summed E-state index contributed by atoms with van der Waals surface area (Å²) < 4.78 is 6.73. The van der Waals surface area contributed by atoms with Crippen LogP contribution in [0.4, 0.5) is 5.69 Å². The summed E-state index contributed by atoms with van der Waals surface area (Å²) >= 11 is 6.11. The molecule has 3 heterocycles. The highest BCUT2D eigenvalue weighted by atomic mass is 35.5. The van der Waals surface area contributed by atoms with Gasteiger partial charge in [-0.3, -0.25) is 14.4 Å². The van der Waals surface area contributed by atoms with E-state index in [1.807, 2.05) is 6.92 Å². The summed E-state index contributed by atoms with van der Waals surface area (Å²) in [5, 5.41) is 9.70. The van der Waals surface area contributed by atoms with Crippen LogP contribution in [-0.4, -0.2) is 83.2 Å². The van der Waals surface area contributed by atoms with Crippen LogP contribution in [0.2, 0.25) is 5.02 Å². The molecule has 3 aliphatic heterocycles. The summed E-state index contributed by atoms with van der Waals surface area (Å²) in [6.45, 7) is 10.6. The van der Waals surface area contributed by atoms with Crippen LogP contribution in [0.15, 0.2) is 49.6 Å². The third-order valence-electron chi connectivity index (χ3n) is 8.58. The van der Waals surface area contributed by atoms with Crippen LogP contribution < -0.4 is 4.90 Å². The Labute approximate surface area is 236 Å². The van der Waals surface area contributed by atoms with Crippen molar-refractivity contribution in [1.29, 1.82) is 0 Å². The number of hydrogen-bond donors (Lipinski definition) is 1. The van der Waals surface area contributed by atoms with Gasteiger partial charge in [-0.05, 0) is 56.9 Å². The summed E-state index contributed by atoms with van der Waals surface area (Å²) in [4.78, 5) is 47.3. The van der Waals surface area contributed by atoms with Gasteiger partial charge in [0.25, 0.3) is 5.91 Å². The van der Waals surface area contributed by atoms with Crippen molar-refractivity contribution in [1.82, 2.24) is 9.80 Å². The number of hydrogen-bond acceptors (Lipinski definition) is 5. The molecule has 8 nitrogen and oxygen atoms in total. The topological polar surface area (TPSA) is 90.4 Å². The van der Waals surface area contributed by atoms with Crippen molar-refractivity contribution in [2.75, 3.05) is 38.2 Å². The molecular weight excluding hydrogens is 518 g/mol. The molecule has 0 radical (unpaired) electrons. The van der Waals surface area contributed by atoms with Gasteiger partial charge in [0.15, 0.2) is 0 Å². The lowest BCUT2D eigenvalue weighted by atomic mass is 9.66. The number of carbonyl (C=O) groups excluding carboxylic acids is 3. The van der Waals surface area contributed by atoms with E-state index in [4.69, 9.17) is 21.4 Å². The number of likely N-dealkylation sites (tertiary alicyclic amines) is 1. The number of unbranched alkanes of at least 4 members (excludes halogenated alkanes) is 3. The molecule has 2 bridgehead atoms. The first-order chi connectivity index (χ1) is 18.6. The standard InChI is InChI=1S/C30H40ClN3O5/c1-5-17-32(4)26(36)23-24-27(37)34(19-9-7-8-10-20-35)25(30(24)16-15-29(23,3)39-30)28(38)33(18-6-2)22-13-11-21(31)12-14-22/h5-6,11-14,23-25,35H,1-2,7-10,15-20H2,3-4H3/t23-,24-,25?,29+,30?/m0/s1. The van der Waals surface area contributed by atoms with Crippen LogP contribution in [0.5, 0.6) is 0 Å². The molecule has 4 rings (SSSR count). The van der Waals surface area contributed by atoms with Crippen LogP contribution in [0, 0.1) is 11.8 Å². The number of carbonyl (C=O) groups is 3. The van der Waals surface area contributed by atoms with Crippen LogP contribution >= 0.6 is 11.6 Å². The van der Waals surface area contributed by atoms with Crippen molar-refractivity contribution in [3.05, 3.63) is 54.6 Å². The molecule has 3 saturated heterocycles. The molecule has 1 aromatic rings. The lowest BCUT2D eigenvalue weighted by Crippen LogP contribution is -2.56. The van der Waals surface area contributed by atoms with E-state index in [-0.39, 0.29) is 30.9 Å². The Morgan fingerprint density at radius 3 is 2.41 bits per heavy atom. The van der Waals surface area contributed by atoms with Gasteiger partial charge in [-0.1, -0.05) is 36.6 Å². The quantitative estimate of drug-likeness (QED) is 0.294. The number of ether oxygens (including phenoxy) is 1. The fraction of sp³-hybridized carbons (Fsp3) is 0.567. The van der Waals surface area contributed by atoms with E-state index in [1.54, 1.807) is 58.2 Å². The molecule has 1 N–H and O–H groups in total. The van der Waals surface area contributed by atoms with Gasteiger partial charge in [0.05, 0.1) is 17.4 Å². The maximum atomic E-state index is 14.5. The molecule has 3 amide bonds. The van der Waals surface area contributed by atoms with E-state index in [1.165, 1.54) is 0 Å². The molecule has 1 spiro atoms. The molecular formula is C30H40ClN3O5. The zero-order chi connectivity index (χ0) is 28.4. The Hall–Kier alpha value is -2.68. The van der Waals surface area contributed by atoms with E-state index in [9.17, 15) is 14.4 Å². The van der Waals surface area contributed by atoms with Gasteiger partial charge < -0.3 is 24.5 Å². The zero-order valence-corrected chi connectivity index (χ0v) is 23.7. The number of halogens is 1. The third-order valence-corrected chi connectivity index (χ3v) is 8.83. The maximum Gasteiger partial charge on any atom is 0.253 e. The number of anilines is 1. The Bertz CT molecular complexity index is 1110. The van der Waals surface area contributed by atoms with Gasteiger partial charge in [0.1, 0.15) is 11.6 Å². The number of benzene rings is 1. The second-order valence-electron chi connectivity index (χ2n) is 11.1. The molecule has 3 aliphatic rings. The van der Waals surface area contributed by atoms with Gasteiger partial charge in [-0.25, -0.2) is 0 Å². The van der Waals surface area contributed by atoms with Crippen molar-refractivity contribution >= 4 is 35.0 Å². The molecule has 2 unspecified atom stereocenters. The number of nitrogens with zero attached hydrogens (tertiary/aromatic N) is 3. The minimum absolute atomic E-state index is 0.126. The van der Waals surface area contributed by atoms with Gasteiger partial charge in [0.2, 0.25) is 11.8 Å². The van der Waals surface area contributed by atoms with E-state index in [0.717, 1.165) is 12.8 Å². The predicted molar refractivity (Wildman–Crippen MR) is 151 cm³/mol. The first-order valence-electron chi connectivity index (χ1n) is 13.8. The summed E-state index contributed by atoms with van der Waals surface area (Å²) in [5.41, 5.74) is -1.27. The Balaban J connectivity index is 1.74. The number of rotatable bonds is 13. The van der Waals surface area contributed by atoms with E-state index >= 15 is 0 Å². The minimum Gasteiger partial charge on any atom is -0.396 e. The molecule has 0 aromatic heterocycles. The highest BCUT2D eigenvalue weighted by Gasteiger charge is 2.78. The first kappa shape index (κ1) is 29.3. The van der Waals surface area contributed by atoms with Crippen molar-refractivity contribution in [2.45, 2.75) is 62.7 Å². The first-order valence-corrected chi connectivity index (χ1v) is 14.2. The second-order valence-corrected chi connectivity index (χ2v) is 11.6. The number of aliphatic hydroxyl groups excluding tert-OH is 1. The number of amides is 3. The lowest BCUT2D eigenvalue weighted by molar-refractivity contribution is -0.149. The van der Waals surface area contributed by atoms with Gasteiger partial charge in [-0.2, -0.15) is 0 Å². The Morgan fingerprint density at radius 2 is 1.77 bits per heavy atom. The Kier molecular flexibility index (Phi) is 8.88.